The van der Waals surface area contributed by atoms with Gasteiger partial charge >= 0.3 is 0 Å². The minimum atomic E-state index is -0.312. The van der Waals surface area contributed by atoms with Gasteiger partial charge in [-0.2, -0.15) is 0 Å². The zero-order valence-corrected chi connectivity index (χ0v) is 19.8. The second kappa shape index (κ2) is 11.1. The lowest BCUT2D eigenvalue weighted by atomic mass is 10.0. The number of hydrogen-bond donors (Lipinski definition) is 1. The Morgan fingerprint density at radius 3 is 2.47 bits per heavy atom. The van der Waals surface area contributed by atoms with Crippen LogP contribution in [-0.2, 0) is 6.54 Å². The lowest BCUT2D eigenvalue weighted by Crippen LogP contribution is -2.44. The number of benzene rings is 2. The molecule has 182 valence electrons. The fourth-order valence-electron chi connectivity index (χ4n) is 4.28. The highest BCUT2D eigenvalue weighted by atomic mass is 19.1. The number of carbonyl (C=O) groups excluding carboxylic acids is 1. The highest BCUT2D eigenvalue weighted by Crippen LogP contribution is 2.21. The van der Waals surface area contributed by atoms with E-state index in [1.807, 2.05) is 48.7 Å². The van der Waals surface area contributed by atoms with Gasteiger partial charge in [-0.25, -0.2) is 9.37 Å². The van der Waals surface area contributed by atoms with Gasteiger partial charge in [-0.15, -0.1) is 0 Å². The van der Waals surface area contributed by atoms with Crippen LogP contribution in [0.5, 0.6) is 11.6 Å². The van der Waals surface area contributed by atoms with Crippen molar-refractivity contribution in [1.82, 2.24) is 20.2 Å². The SMILES string of the molecule is O=C(NC1CCN(Cc2ccc(Oc3ccccc3)nc2)CC1)c1ccc(-c2cccc(F)c2)nc1. The van der Waals surface area contributed by atoms with E-state index in [9.17, 15) is 9.18 Å². The molecule has 0 unspecified atom stereocenters. The maximum Gasteiger partial charge on any atom is 0.253 e. The van der Waals surface area contributed by atoms with E-state index in [-0.39, 0.29) is 17.8 Å². The number of likely N-dealkylation sites (tertiary alicyclic amines) is 1. The molecule has 0 radical (unpaired) electrons. The molecule has 0 aliphatic carbocycles. The first-order valence-electron chi connectivity index (χ1n) is 12.1. The summed E-state index contributed by atoms with van der Waals surface area (Å²) in [7, 11) is 0. The van der Waals surface area contributed by atoms with Crippen molar-refractivity contribution in [3.05, 3.63) is 108 Å². The van der Waals surface area contributed by atoms with Crippen LogP contribution in [0.4, 0.5) is 4.39 Å². The van der Waals surface area contributed by atoms with Crippen LogP contribution in [0.25, 0.3) is 11.3 Å². The van der Waals surface area contributed by atoms with Crippen molar-refractivity contribution >= 4 is 5.91 Å². The topological polar surface area (TPSA) is 67.4 Å². The molecule has 0 bridgehead atoms. The predicted molar refractivity (Wildman–Crippen MR) is 136 cm³/mol. The van der Waals surface area contributed by atoms with Crippen molar-refractivity contribution in [2.75, 3.05) is 13.1 Å². The van der Waals surface area contributed by atoms with Gasteiger partial charge in [-0.1, -0.05) is 36.4 Å². The van der Waals surface area contributed by atoms with Gasteiger partial charge in [0.25, 0.3) is 5.91 Å². The molecular formula is C29H27FN4O2. The maximum atomic E-state index is 13.5. The molecule has 6 nitrogen and oxygen atoms in total. The van der Waals surface area contributed by atoms with Crippen molar-refractivity contribution in [1.29, 1.82) is 0 Å². The molecule has 1 aliphatic rings. The number of nitrogens with zero attached hydrogens (tertiary/aromatic N) is 3. The third kappa shape index (κ3) is 6.12. The Labute approximate surface area is 209 Å². The number of carbonyl (C=O) groups is 1. The highest BCUT2D eigenvalue weighted by Gasteiger charge is 2.21. The van der Waals surface area contributed by atoms with Crippen LogP contribution in [0.1, 0.15) is 28.8 Å². The molecule has 0 saturated carbocycles. The predicted octanol–water partition coefficient (Wildman–Crippen LogP) is 5.47. The van der Waals surface area contributed by atoms with E-state index in [4.69, 9.17) is 4.74 Å². The number of rotatable bonds is 7. The zero-order valence-electron chi connectivity index (χ0n) is 19.8. The van der Waals surface area contributed by atoms with E-state index < -0.39 is 0 Å². The van der Waals surface area contributed by atoms with Crippen molar-refractivity contribution < 1.29 is 13.9 Å². The molecule has 2 aromatic heterocycles. The summed E-state index contributed by atoms with van der Waals surface area (Å²) in [6.45, 7) is 2.60. The quantitative estimate of drug-likeness (QED) is 0.378. The van der Waals surface area contributed by atoms with Gasteiger partial charge in [0.05, 0.1) is 11.3 Å². The Morgan fingerprint density at radius 1 is 0.944 bits per heavy atom. The molecule has 1 saturated heterocycles. The van der Waals surface area contributed by atoms with Crippen molar-refractivity contribution in [3.63, 3.8) is 0 Å². The molecule has 4 aromatic rings. The van der Waals surface area contributed by atoms with E-state index in [0.717, 1.165) is 43.8 Å². The molecule has 1 aliphatic heterocycles. The van der Waals surface area contributed by atoms with Gasteiger partial charge < -0.3 is 10.1 Å². The van der Waals surface area contributed by atoms with E-state index in [0.29, 0.717) is 22.7 Å². The summed E-state index contributed by atoms with van der Waals surface area (Å²) < 4.78 is 19.2. The normalized spacial score (nSPS) is 14.4. The van der Waals surface area contributed by atoms with Crippen molar-refractivity contribution in [2.24, 2.45) is 0 Å². The minimum absolute atomic E-state index is 0.122. The van der Waals surface area contributed by atoms with E-state index in [1.165, 1.54) is 12.1 Å². The van der Waals surface area contributed by atoms with Crippen molar-refractivity contribution in [2.45, 2.75) is 25.4 Å². The third-order valence-corrected chi connectivity index (χ3v) is 6.24. The Hall–Kier alpha value is -4.10. The Balaban J connectivity index is 1.08. The monoisotopic (exact) mass is 482 g/mol. The lowest BCUT2D eigenvalue weighted by Gasteiger charge is -2.32. The Morgan fingerprint density at radius 2 is 1.78 bits per heavy atom. The van der Waals surface area contributed by atoms with Crippen LogP contribution in [0, 0.1) is 5.82 Å². The van der Waals surface area contributed by atoms with E-state index >= 15 is 0 Å². The summed E-state index contributed by atoms with van der Waals surface area (Å²) in [5.74, 6) is 0.891. The molecule has 1 fully saturated rings. The van der Waals surface area contributed by atoms with E-state index in [2.05, 4.69) is 20.2 Å². The zero-order chi connectivity index (χ0) is 24.7. The summed E-state index contributed by atoms with van der Waals surface area (Å²) in [5.41, 5.74) is 2.94. The molecule has 2 aromatic carbocycles. The number of nitrogens with one attached hydrogen (secondary N) is 1. The molecule has 1 N–H and O–H groups in total. The Kier molecular flexibility index (Phi) is 7.28. The average molecular weight is 483 g/mol. The molecule has 3 heterocycles. The molecule has 0 spiro atoms. The summed E-state index contributed by atoms with van der Waals surface area (Å²) in [6.07, 6.45) is 5.15. The summed E-state index contributed by atoms with van der Waals surface area (Å²) in [6, 6.07) is 23.4. The van der Waals surface area contributed by atoms with Crippen LogP contribution in [0.3, 0.4) is 0 Å². The number of hydrogen-bond acceptors (Lipinski definition) is 5. The molecule has 0 atom stereocenters. The fraction of sp³-hybridized carbons (Fsp3) is 0.207. The van der Waals surface area contributed by atoms with Crippen LogP contribution < -0.4 is 10.1 Å². The number of halogens is 1. The number of para-hydroxylation sites is 1. The van der Waals surface area contributed by atoms with Gasteiger partial charge in [0.1, 0.15) is 11.6 Å². The van der Waals surface area contributed by atoms with Crippen LogP contribution in [0.2, 0.25) is 0 Å². The standard InChI is InChI=1S/C29H27FN4O2/c30-24-6-4-5-22(17-24)27-11-10-23(19-31-27)29(35)33-25-13-15-34(16-14-25)20-21-9-12-28(32-18-21)36-26-7-2-1-3-8-26/h1-12,17-19,25H,13-16,20H2,(H,33,35). The first-order valence-corrected chi connectivity index (χ1v) is 12.1. The van der Waals surface area contributed by atoms with Gasteiger partial charge in [0.15, 0.2) is 0 Å². The minimum Gasteiger partial charge on any atom is -0.439 e. The van der Waals surface area contributed by atoms with Gasteiger partial charge in [0, 0.05) is 49.7 Å². The largest absolute Gasteiger partial charge is 0.439 e. The van der Waals surface area contributed by atoms with Crippen LogP contribution in [-0.4, -0.2) is 39.9 Å². The Bertz CT molecular complexity index is 1290. The first kappa shape index (κ1) is 23.6. The van der Waals surface area contributed by atoms with E-state index in [1.54, 1.807) is 30.5 Å². The molecule has 1 amide bonds. The number of piperidine rings is 1. The molecular weight excluding hydrogens is 455 g/mol. The smallest absolute Gasteiger partial charge is 0.253 e. The summed E-state index contributed by atoms with van der Waals surface area (Å²) >= 11 is 0. The number of aromatic nitrogens is 2. The number of pyridine rings is 2. The number of amides is 1. The van der Waals surface area contributed by atoms with Gasteiger partial charge in [-0.3, -0.25) is 14.7 Å². The third-order valence-electron chi connectivity index (χ3n) is 6.24. The summed E-state index contributed by atoms with van der Waals surface area (Å²) in [5, 5.41) is 3.12. The molecule has 7 heteroatoms. The molecule has 5 rings (SSSR count). The number of ether oxygens (including phenoxy) is 1. The van der Waals surface area contributed by atoms with Crippen molar-refractivity contribution in [3.8, 4) is 22.9 Å². The van der Waals surface area contributed by atoms with Crippen LogP contribution >= 0.6 is 0 Å². The first-order chi connectivity index (χ1) is 17.6. The maximum absolute atomic E-state index is 13.5. The second-order valence-electron chi connectivity index (χ2n) is 8.89. The fourth-order valence-corrected chi connectivity index (χ4v) is 4.28. The van der Waals surface area contributed by atoms with Gasteiger partial charge in [0.2, 0.25) is 5.88 Å². The highest BCUT2D eigenvalue weighted by molar-refractivity contribution is 5.94. The average Bonchev–Trinajstić information content (AvgIpc) is 2.92. The second-order valence-corrected chi connectivity index (χ2v) is 8.89. The lowest BCUT2D eigenvalue weighted by molar-refractivity contribution is 0.0908. The summed E-state index contributed by atoms with van der Waals surface area (Å²) in [4.78, 5) is 23.8. The molecule has 36 heavy (non-hydrogen) atoms. The van der Waals surface area contributed by atoms with Crippen LogP contribution in [0.15, 0.2) is 91.3 Å². The van der Waals surface area contributed by atoms with Gasteiger partial charge in [-0.05, 0) is 54.8 Å².